The molecule has 2 rings (SSSR count). The molecule has 0 aromatic heterocycles. The molecule has 0 bridgehead atoms. The van der Waals surface area contributed by atoms with Crippen LogP contribution in [-0.4, -0.2) is 11.2 Å². The van der Waals surface area contributed by atoms with Crippen molar-refractivity contribution in [2.24, 2.45) is 11.7 Å². The first-order valence-electron chi connectivity index (χ1n) is 5.09. The summed E-state index contributed by atoms with van der Waals surface area (Å²) >= 11 is 0. The van der Waals surface area contributed by atoms with Crippen LogP contribution in [0.5, 0.6) is 0 Å². The molecule has 1 saturated carbocycles. The zero-order chi connectivity index (χ0) is 11.9. The minimum atomic E-state index is -1.26. The zero-order valence-corrected chi connectivity index (χ0v) is 8.46. The van der Waals surface area contributed by atoms with Crippen molar-refractivity contribution in [2.45, 2.75) is 25.0 Å². The lowest BCUT2D eigenvalue weighted by Gasteiger charge is -2.19. The maximum Gasteiger partial charge on any atom is 0.161 e. The fraction of sp³-hybridized carbons (Fsp3) is 0.455. The standard InChI is InChI=1S/C11H12F3NO/c12-7-4-9(14)8(13)3-6(7)10(15)11(16)5-1-2-5/h3-5,10-11,16H,1-2,15H2/t10-,11+/m1/s1. The lowest BCUT2D eigenvalue weighted by molar-refractivity contribution is 0.120. The normalized spacial score (nSPS) is 19.6. The molecule has 3 N–H and O–H groups in total. The van der Waals surface area contributed by atoms with Crippen LogP contribution in [-0.2, 0) is 0 Å². The first kappa shape index (κ1) is 11.4. The second-order valence-corrected chi connectivity index (χ2v) is 4.14. The molecule has 1 fully saturated rings. The first-order valence-corrected chi connectivity index (χ1v) is 5.09. The highest BCUT2D eigenvalue weighted by Crippen LogP contribution is 2.37. The monoisotopic (exact) mass is 231 g/mol. The van der Waals surface area contributed by atoms with Crippen LogP contribution < -0.4 is 5.73 Å². The van der Waals surface area contributed by atoms with Crippen LogP contribution in [0.4, 0.5) is 13.2 Å². The van der Waals surface area contributed by atoms with E-state index < -0.39 is 29.6 Å². The van der Waals surface area contributed by atoms with E-state index in [9.17, 15) is 18.3 Å². The van der Waals surface area contributed by atoms with Gasteiger partial charge < -0.3 is 10.8 Å². The Morgan fingerprint density at radius 3 is 2.25 bits per heavy atom. The summed E-state index contributed by atoms with van der Waals surface area (Å²) in [5.74, 6) is -3.29. The van der Waals surface area contributed by atoms with Crippen LogP contribution in [0.15, 0.2) is 12.1 Å². The van der Waals surface area contributed by atoms with Crippen molar-refractivity contribution in [1.82, 2.24) is 0 Å². The highest BCUT2D eigenvalue weighted by Gasteiger charge is 2.35. The Bertz CT molecular complexity index is 406. The summed E-state index contributed by atoms with van der Waals surface area (Å²) in [7, 11) is 0. The van der Waals surface area contributed by atoms with Crippen molar-refractivity contribution in [3.05, 3.63) is 35.1 Å². The van der Waals surface area contributed by atoms with E-state index >= 15 is 0 Å². The van der Waals surface area contributed by atoms with Crippen LogP contribution >= 0.6 is 0 Å². The summed E-state index contributed by atoms with van der Waals surface area (Å²) in [6.45, 7) is 0. The Balaban J connectivity index is 2.28. The van der Waals surface area contributed by atoms with Crippen molar-refractivity contribution < 1.29 is 18.3 Å². The van der Waals surface area contributed by atoms with Gasteiger partial charge in [-0.3, -0.25) is 0 Å². The summed E-state index contributed by atoms with van der Waals surface area (Å²) in [6.07, 6.45) is 0.764. The Labute approximate surface area is 90.9 Å². The SMILES string of the molecule is N[C@H](c1cc(F)c(F)cc1F)[C@@H](O)C1CC1. The third kappa shape index (κ3) is 2.05. The molecule has 1 aromatic rings. The molecule has 2 atom stereocenters. The van der Waals surface area contributed by atoms with Crippen LogP contribution in [0.3, 0.4) is 0 Å². The molecule has 0 amide bonds. The predicted molar refractivity (Wildman–Crippen MR) is 52.0 cm³/mol. The Hall–Kier alpha value is -1.07. The fourth-order valence-corrected chi connectivity index (χ4v) is 1.71. The van der Waals surface area contributed by atoms with Gasteiger partial charge in [-0.25, -0.2) is 13.2 Å². The van der Waals surface area contributed by atoms with Gasteiger partial charge in [0.25, 0.3) is 0 Å². The molecule has 0 heterocycles. The average Bonchev–Trinajstić information content (AvgIpc) is 3.05. The highest BCUT2D eigenvalue weighted by molar-refractivity contribution is 5.24. The minimum absolute atomic E-state index is 0.0440. The summed E-state index contributed by atoms with van der Waals surface area (Å²) in [6, 6.07) is 0.146. The van der Waals surface area contributed by atoms with Gasteiger partial charge in [-0.15, -0.1) is 0 Å². The van der Waals surface area contributed by atoms with E-state index in [2.05, 4.69) is 0 Å². The summed E-state index contributed by atoms with van der Waals surface area (Å²) < 4.78 is 38.9. The van der Waals surface area contributed by atoms with Gasteiger partial charge in [0.1, 0.15) is 5.82 Å². The van der Waals surface area contributed by atoms with E-state index in [0.717, 1.165) is 12.8 Å². The zero-order valence-electron chi connectivity index (χ0n) is 8.46. The van der Waals surface area contributed by atoms with E-state index in [1.54, 1.807) is 0 Å². The molecule has 0 spiro atoms. The molecule has 0 aliphatic heterocycles. The van der Waals surface area contributed by atoms with Gasteiger partial charge >= 0.3 is 0 Å². The van der Waals surface area contributed by atoms with Gasteiger partial charge in [-0.2, -0.15) is 0 Å². The Morgan fingerprint density at radius 1 is 1.12 bits per heavy atom. The second kappa shape index (κ2) is 4.07. The van der Waals surface area contributed by atoms with Crippen molar-refractivity contribution in [3.63, 3.8) is 0 Å². The van der Waals surface area contributed by atoms with Crippen molar-refractivity contribution >= 4 is 0 Å². The highest BCUT2D eigenvalue weighted by atomic mass is 19.2. The number of benzene rings is 1. The second-order valence-electron chi connectivity index (χ2n) is 4.14. The fourth-order valence-electron chi connectivity index (χ4n) is 1.71. The quantitative estimate of drug-likeness (QED) is 0.780. The first-order chi connectivity index (χ1) is 7.50. The van der Waals surface area contributed by atoms with Crippen LogP contribution in [0.2, 0.25) is 0 Å². The summed E-state index contributed by atoms with van der Waals surface area (Å²) in [5.41, 5.74) is 5.44. The van der Waals surface area contributed by atoms with E-state index in [1.807, 2.05) is 0 Å². The third-order valence-corrected chi connectivity index (χ3v) is 2.87. The lowest BCUT2D eigenvalue weighted by atomic mass is 9.98. The summed E-state index contributed by atoms with van der Waals surface area (Å²) in [5, 5.41) is 9.69. The van der Waals surface area contributed by atoms with Gasteiger partial charge in [0.15, 0.2) is 11.6 Å². The van der Waals surface area contributed by atoms with Crippen LogP contribution in [0.25, 0.3) is 0 Å². The topological polar surface area (TPSA) is 46.2 Å². The van der Waals surface area contributed by atoms with Crippen molar-refractivity contribution in [1.29, 1.82) is 0 Å². The van der Waals surface area contributed by atoms with Gasteiger partial charge in [-0.1, -0.05) is 0 Å². The molecular weight excluding hydrogens is 219 g/mol. The molecular formula is C11H12F3NO. The Morgan fingerprint density at radius 2 is 1.69 bits per heavy atom. The largest absolute Gasteiger partial charge is 0.391 e. The number of aliphatic hydroxyl groups excluding tert-OH is 1. The van der Waals surface area contributed by atoms with Gasteiger partial charge in [0.2, 0.25) is 0 Å². The number of aliphatic hydroxyl groups is 1. The number of halogens is 3. The predicted octanol–water partition coefficient (Wildman–Crippen LogP) is 1.87. The van der Waals surface area contributed by atoms with Gasteiger partial charge in [-0.05, 0) is 24.8 Å². The van der Waals surface area contributed by atoms with Gasteiger partial charge in [0, 0.05) is 11.6 Å². The maximum atomic E-state index is 13.3. The maximum absolute atomic E-state index is 13.3. The molecule has 5 heteroatoms. The number of hydrogen-bond acceptors (Lipinski definition) is 2. The number of nitrogens with two attached hydrogens (primary N) is 1. The lowest BCUT2D eigenvalue weighted by Crippen LogP contribution is -2.29. The molecule has 1 aromatic carbocycles. The molecule has 88 valence electrons. The number of rotatable bonds is 3. The van der Waals surface area contributed by atoms with E-state index in [1.165, 1.54) is 0 Å². The van der Waals surface area contributed by atoms with E-state index in [-0.39, 0.29) is 11.5 Å². The average molecular weight is 231 g/mol. The number of hydrogen-bond donors (Lipinski definition) is 2. The summed E-state index contributed by atoms with van der Waals surface area (Å²) in [4.78, 5) is 0. The van der Waals surface area contributed by atoms with Crippen LogP contribution in [0, 0.1) is 23.4 Å². The van der Waals surface area contributed by atoms with Gasteiger partial charge in [0.05, 0.1) is 12.1 Å². The van der Waals surface area contributed by atoms with E-state index in [4.69, 9.17) is 5.73 Å². The molecule has 0 unspecified atom stereocenters. The molecule has 2 nitrogen and oxygen atoms in total. The van der Waals surface area contributed by atoms with E-state index in [0.29, 0.717) is 12.1 Å². The molecule has 1 aliphatic rings. The minimum Gasteiger partial charge on any atom is -0.391 e. The van der Waals surface area contributed by atoms with Crippen molar-refractivity contribution in [3.8, 4) is 0 Å². The molecule has 1 aliphatic carbocycles. The molecule has 16 heavy (non-hydrogen) atoms. The molecule has 0 radical (unpaired) electrons. The smallest absolute Gasteiger partial charge is 0.161 e. The van der Waals surface area contributed by atoms with Crippen molar-refractivity contribution in [2.75, 3.05) is 0 Å². The third-order valence-electron chi connectivity index (χ3n) is 2.87. The Kier molecular flexibility index (Phi) is 2.90. The molecule has 0 saturated heterocycles. The van der Waals surface area contributed by atoms with Crippen LogP contribution in [0.1, 0.15) is 24.4 Å².